The first-order chi connectivity index (χ1) is 10.1. The molecule has 0 aliphatic heterocycles. The molecule has 0 atom stereocenters. The van der Waals surface area contributed by atoms with Crippen molar-refractivity contribution >= 4 is 35.2 Å². The maximum absolute atomic E-state index is 12.2. The zero-order chi connectivity index (χ0) is 15.2. The minimum Gasteiger partial charge on any atom is -0.465 e. The van der Waals surface area contributed by atoms with Gasteiger partial charge >= 0.3 is 0 Å². The lowest BCUT2D eigenvalue weighted by molar-refractivity contribution is -0.126. The first kappa shape index (κ1) is 15.7. The number of benzene rings is 1. The lowest BCUT2D eigenvalue weighted by Gasteiger charge is -2.19. The van der Waals surface area contributed by atoms with Gasteiger partial charge in [-0.15, -0.1) is 0 Å². The number of rotatable bonds is 5. The quantitative estimate of drug-likeness (QED) is 0.750. The van der Waals surface area contributed by atoms with E-state index in [-0.39, 0.29) is 5.91 Å². The van der Waals surface area contributed by atoms with Crippen molar-refractivity contribution in [2.24, 2.45) is 0 Å². The van der Waals surface area contributed by atoms with Gasteiger partial charge < -0.3 is 9.32 Å². The van der Waals surface area contributed by atoms with Crippen molar-refractivity contribution in [3.05, 3.63) is 64.0 Å². The third-order valence-electron chi connectivity index (χ3n) is 2.98. The van der Waals surface area contributed by atoms with Crippen molar-refractivity contribution in [2.45, 2.75) is 13.5 Å². The number of hydrogen-bond donors (Lipinski definition) is 0. The second-order valence-corrected chi connectivity index (χ2v) is 5.26. The van der Waals surface area contributed by atoms with Gasteiger partial charge in [-0.3, -0.25) is 4.79 Å². The van der Waals surface area contributed by atoms with Crippen LogP contribution in [0.3, 0.4) is 0 Å². The highest BCUT2D eigenvalue weighted by atomic mass is 35.5. The molecule has 1 aromatic heterocycles. The van der Waals surface area contributed by atoms with Crippen molar-refractivity contribution in [1.82, 2.24) is 4.90 Å². The molecule has 110 valence electrons. The number of halogens is 2. The molecule has 21 heavy (non-hydrogen) atoms. The first-order valence-electron chi connectivity index (χ1n) is 6.54. The average molecular weight is 324 g/mol. The summed E-state index contributed by atoms with van der Waals surface area (Å²) in [6.07, 6.45) is 4.72. The maximum atomic E-state index is 12.2. The molecule has 0 saturated heterocycles. The van der Waals surface area contributed by atoms with Gasteiger partial charge in [0, 0.05) is 19.2 Å². The highest BCUT2D eigenvalue weighted by Gasteiger charge is 2.10. The van der Waals surface area contributed by atoms with Crippen LogP contribution in [0.1, 0.15) is 18.2 Å². The fraction of sp³-hybridized carbons (Fsp3) is 0.188. The summed E-state index contributed by atoms with van der Waals surface area (Å²) in [6.45, 7) is 3.01. The van der Waals surface area contributed by atoms with E-state index in [9.17, 15) is 4.79 Å². The predicted octanol–water partition coefficient (Wildman–Crippen LogP) is 4.65. The number of amides is 1. The molecule has 2 rings (SSSR count). The highest BCUT2D eigenvalue weighted by molar-refractivity contribution is 6.42. The van der Waals surface area contributed by atoms with Gasteiger partial charge in [-0.05, 0) is 42.8 Å². The Hall–Kier alpha value is -1.71. The Balaban J connectivity index is 2.05. The Morgan fingerprint density at radius 3 is 2.71 bits per heavy atom. The smallest absolute Gasteiger partial charge is 0.246 e. The molecular weight excluding hydrogens is 309 g/mol. The summed E-state index contributed by atoms with van der Waals surface area (Å²) in [6, 6.07) is 8.93. The molecule has 0 spiro atoms. The minimum atomic E-state index is -0.0834. The van der Waals surface area contributed by atoms with E-state index in [4.69, 9.17) is 27.6 Å². The van der Waals surface area contributed by atoms with Crippen molar-refractivity contribution in [1.29, 1.82) is 0 Å². The third-order valence-corrected chi connectivity index (χ3v) is 3.72. The van der Waals surface area contributed by atoms with E-state index in [0.717, 1.165) is 5.56 Å². The average Bonchev–Trinajstić information content (AvgIpc) is 2.99. The second kappa shape index (κ2) is 7.34. The van der Waals surface area contributed by atoms with Gasteiger partial charge in [-0.2, -0.15) is 0 Å². The van der Waals surface area contributed by atoms with Gasteiger partial charge in [-0.25, -0.2) is 0 Å². The Morgan fingerprint density at radius 1 is 1.29 bits per heavy atom. The molecule has 1 amide bonds. The van der Waals surface area contributed by atoms with Crippen LogP contribution in [0.4, 0.5) is 0 Å². The zero-order valence-electron chi connectivity index (χ0n) is 11.6. The van der Waals surface area contributed by atoms with Crippen molar-refractivity contribution in [3.63, 3.8) is 0 Å². The molecule has 0 saturated carbocycles. The lowest BCUT2D eigenvalue weighted by Crippen LogP contribution is -2.28. The van der Waals surface area contributed by atoms with Gasteiger partial charge in [0.15, 0.2) is 0 Å². The molecule has 0 radical (unpaired) electrons. The lowest BCUT2D eigenvalue weighted by atomic mass is 10.2. The maximum Gasteiger partial charge on any atom is 0.246 e. The fourth-order valence-electron chi connectivity index (χ4n) is 1.85. The molecule has 5 heteroatoms. The van der Waals surface area contributed by atoms with Gasteiger partial charge in [0.2, 0.25) is 5.91 Å². The van der Waals surface area contributed by atoms with Crippen LogP contribution in [-0.2, 0) is 11.3 Å². The number of furan rings is 1. The summed E-state index contributed by atoms with van der Waals surface area (Å²) in [7, 11) is 0. The summed E-state index contributed by atoms with van der Waals surface area (Å²) in [5.41, 5.74) is 0.936. The number of likely N-dealkylation sites (N-methyl/N-ethyl adjacent to an activating group) is 1. The monoisotopic (exact) mass is 323 g/mol. The summed E-state index contributed by atoms with van der Waals surface area (Å²) in [4.78, 5) is 13.9. The molecule has 3 nitrogen and oxygen atoms in total. The summed E-state index contributed by atoms with van der Waals surface area (Å²) >= 11 is 11.9. The number of carbonyl (C=O) groups excluding carboxylic acids is 1. The van der Waals surface area contributed by atoms with E-state index in [2.05, 4.69) is 0 Å². The summed E-state index contributed by atoms with van der Waals surface area (Å²) in [5.74, 6) is 0.564. The van der Waals surface area contributed by atoms with Crippen LogP contribution in [0.25, 0.3) is 6.08 Å². The Kier molecular flexibility index (Phi) is 5.48. The van der Waals surface area contributed by atoms with Crippen LogP contribution in [0.5, 0.6) is 0 Å². The molecule has 0 aliphatic rings. The Labute approximate surface area is 133 Å². The predicted molar refractivity (Wildman–Crippen MR) is 85.3 cm³/mol. The first-order valence-corrected chi connectivity index (χ1v) is 7.30. The van der Waals surface area contributed by atoms with E-state index in [0.29, 0.717) is 28.9 Å². The van der Waals surface area contributed by atoms with Gasteiger partial charge in [-0.1, -0.05) is 29.3 Å². The Bertz CT molecular complexity index is 636. The minimum absolute atomic E-state index is 0.0834. The molecule has 0 unspecified atom stereocenters. The fourth-order valence-corrected chi connectivity index (χ4v) is 2.17. The van der Waals surface area contributed by atoms with Gasteiger partial charge in [0.25, 0.3) is 0 Å². The van der Waals surface area contributed by atoms with Crippen molar-refractivity contribution in [3.8, 4) is 0 Å². The van der Waals surface area contributed by atoms with Crippen LogP contribution < -0.4 is 0 Å². The third kappa shape index (κ3) is 4.38. The topological polar surface area (TPSA) is 33.5 Å². The molecule has 1 heterocycles. The van der Waals surface area contributed by atoms with E-state index in [1.54, 1.807) is 41.5 Å². The van der Waals surface area contributed by atoms with E-state index < -0.39 is 0 Å². The largest absolute Gasteiger partial charge is 0.465 e. The zero-order valence-corrected chi connectivity index (χ0v) is 13.1. The standard InChI is InChI=1S/C16H15Cl2NO2/c1-2-19(11-12-5-7-14(17)15(18)10-12)16(20)8-6-13-4-3-9-21-13/h3-10H,2,11H2,1H3/b8-6+. The molecule has 0 bridgehead atoms. The van der Waals surface area contributed by atoms with Crippen LogP contribution >= 0.6 is 23.2 Å². The van der Waals surface area contributed by atoms with Crippen molar-refractivity contribution in [2.75, 3.05) is 6.54 Å². The molecule has 1 aromatic carbocycles. The van der Waals surface area contributed by atoms with Crippen molar-refractivity contribution < 1.29 is 9.21 Å². The molecular formula is C16H15Cl2NO2. The van der Waals surface area contributed by atoms with Crippen LogP contribution in [-0.4, -0.2) is 17.4 Å². The Morgan fingerprint density at radius 2 is 2.10 bits per heavy atom. The normalized spacial score (nSPS) is 11.0. The van der Waals surface area contributed by atoms with Crippen LogP contribution in [0.15, 0.2) is 47.1 Å². The van der Waals surface area contributed by atoms with Gasteiger partial charge in [0.05, 0.1) is 16.3 Å². The van der Waals surface area contributed by atoms with E-state index in [1.807, 2.05) is 13.0 Å². The van der Waals surface area contributed by atoms with Crippen LogP contribution in [0, 0.1) is 0 Å². The summed E-state index contributed by atoms with van der Waals surface area (Å²) < 4.78 is 5.15. The molecule has 0 fully saturated rings. The number of nitrogens with zero attached hydrogens (tertiary/aromatic N) is 1. The summed E-state index contributed by atoms with van der Waals surface area (Å²) in [5, 5.41) is 0.997. The number of carbonyl (C=O) groups is 1. The highest BCUT2D eigenvalue weighted by Crippen LogP contribution is 2.23. The van der Waals surface area contributed by atoms with Crippen LogP contribution in [0.2, 0.25) is 10.0 Å². The molecule has 0 N–H and O–H groups in total. The van der Waals surface area contributed by atoms with E-state index in [1.165, 1.54) is 6.08 Å². The number of hydrogen-bond acceptors (Lipinski definition) is 2. The van der Waals surface area contributed by atoms with E-state index >= 15 is 0 Å². The molecule has 0 aliphatic carbocycles. The SMILES string of the molecule is CCN(Cc1ccc(Cl)c(Cl)c1)C(=O)/C=C/c1ccco1. The van der Waals surface area contributed by atoms with Gasteiger partial charge in [0.1, 0.15) is 5.76 Å². The molecule has 2 aromatic rings. The second-order valence-electron chi connectivity index (χ2n) is 4.45.